The Labute approximate surface area is 183 Å². The Morgan fingerprint density at radius 1 is 1.10 bits per heavy atom. The lowest BCUT2D eigenvalue weighted by Gasteiger charge is -2.23. The zero-order valence-corrected chi connectivity index (χ0v) is 18.1. The topological polar surface area (TPSA) is 84.0 Å². The Bertz CT molecular complexity index is 1080. The molecule has 4 rings (SSSR count). The number of aromatic nitrogens is 2. The SMILES string of the molecule is Cc1cc(C)nc(Sc2ccc(NC(=O)CC3Sc4ccccc4NC3=O)cc2)n1. The molecule has 1 aliphatic rings. The number of aryl methyl sites for hydroxylation is 2. The van der Waals surface area contributed by atoms with E-state index in [4.69, 9.17) is 0 Å². The quantitative estimate of drug-likeness (QED) is 0.565. The molecule has 2 heterocycles. The van der Waals surface area contributed by atoms with Crippen molar-refractivity contribution in [3.8, 4) is 0 Å². The Morgan fingerprint density at radius 3 is 2.53 bits per heavy atom. The second-order valence-corrected chi connectivity index (χ2v) is 9.19. The van der Waals surface area contributed by atoms with E-state index in [-0.39, 0.29) is 18.2 Å². The van der Waals surface area contributed by atoms with Crippen LogP contribution in [-0.2, 0) is 9.59 Å². The van der Waals surface area contributed by atoms with Crippen LogP contribution in [0.15, 0.2) is 69.5 Å². The number of amides is 2. The highest BCUT2D eigenvalue weighted by Crippen LogP contribution is 2.36. The average molecular weight is 437 g/mol. The zero-order chi connectivity index (χ0) is 21.1. The summed E-state index contributed by atoms with van der Waals surface area (Å²) in [5, 5.41) is 5.98. The lowest BCUT2D eigenvalue weighted by Crippen LogP contribution is -2.32. The van der Waals surface area contributed by atoms with Gasteiger partial charge in [0.05, 0.1) is 10.9 Å². The third-order valence-electron chi connectivity index (χ3n) is 4.39. The molecule has 2 N–H and O–H groups in total. The molecule has 3 aromatic rings. The van der Waals surface area contributed by atoms with E-state index in [0.29, 0.717) is 10.8 Å². The van der Waals surface area contributed by atoms with Crippen LogP contribution in [-0.4, -0.2) is 27.0 Å². The van der Waals surface area contributed by atoms with Crippen molar-refractivity contribution in [2.75, 3.05) is 10.6 Å². The van der Waals surface area contributed by atoms with Gasteiger partial charge < -0.3 is 10.6 Å². The van der Waals surface area contributed by atoms with Crippen LogP contribution in [0.2, 0.25) is 0 Å². The van der Waals surface area contributed by atoms with Crippen molar-refractivity contribution in [3.05, 3.63) is 66.0 Å². The number of carbonyl (C=O) groups excluding carboxylic acids is 2. The van der Waals surface area contributed by atoms with Crippen molar-refractivity contribution in [2.24, 2.45) is 0 Å². The highest BCUT2D eigenvalue weighted by molar-refractivity contribution is 8.01. The Kier molecular flexibility index (Phi) is 6.06. The van der Waals surface area contributed by atoms with E-state index >= 15 is 0 Å². The van der Waals surface area contributed by atoms with Crippen molar-refractivity contribution < 1.29 is 9.59 Å². The number of nitrogens with zero attached hydrogens (tertiary/aromatic N) is 2. The van der Waals surface area contributed by atoms with E-state index < -0.39 is 5.25 Å². The van der Waals surface area contributed by atoms with Crippen LogP contribution in [0, 0.1) is 13.8 Å². The predicted molar refractivity (Wildman–Crippen MR) is 120 cm³/mol. The van der Waals surface area contributed by atoms with Gasteiger partial charge in [-0.15, -0.1) is 11.8 Å². The number of carbonyl (C=O) groups is 2. The maximum atomic E-state index is 12.5. The third-order valence-corrected chi connectivity index (χ3v) is 6.53. The van der Waals surface area contributed by atoms with Crippen molar-refractivity contribution in [3.63, 3.8) is 0 Å². The lowest BCUT2D eigenvalue weighted by molar-refractivity contribution is -0.120. The summed E-state index contributed by atoms with van der Waals surface area (Å²) >= 11 is 2.89. The van der Waals surface area contributed by atoms with Gasteiger partial charge in [-0.1, -0.05) is 12.1 Å². The molecule has 1 unspecified atom stereocenters. The molecule has 2 aromatic carbocycles. The minimum absolute atomic E-state index is 0.109. The first-order chi connectivity index (χ1) is 14.5. The molecule has 8 heteroatoms. The van der Waals surface area contributed by atoms with Crippen LogP contribution in [0.5, 0.6) is 0 Å². The summed E-state index contributed by atoms with van der Waals surface area (Å²) in [5.41, 5.74) is 3.35. The summed E-state index contributed by atoms with van der Waals surface area (Å²) in [4.78, 5) is 35.6. The van der Waals surface area contributed by atoms with E-state index in [2.05, 4.69) is 20.6 Å². The summed E-state index contributed by atoms with van der Waals surface area (Å²) < 4.78 is 0. The molecular weight excluding hydrogens is 416 g/mol. The molecule has 1 aliphatic heterocycles. The molecule has 0 aliphatic carbocycles. The highest BCUT2D eigenvalue weighted by Gasteiger charge is 2.28. The minimum Gasteiger partial charge on any atom is -0.326 e. The Morgan fingerprint density at radius 2 is 1.80 bits per heavy atom. The number of anilines is 2. The van der Waals surface area contributed by atoms with Gasteiger partial charge in [0.25, 0.3) is 0 Å². The first-order valence-corrected chi connectivity index (χ1v) is 11.1. The fourth-order valence-corrected chi connectivity index (χ4v) is 5.03. The Hall–Kier alpha value is -2.84. The smallest absolute Gasteiger partial charge is 0.238 e. The van der Waals surface area contributed by atoms with Crippen molar-refractivity contribution in [1.29, 1.82) is 0 Å². The molecular formula is C22H20N4O2S2. The second kappa shape index (κ2) is 8.89. The molecule has 6 nitrogen and oxygen atoms in total. The molecule has 0 radical (unpaired) electrons. The van der Waals surface area contributed by atoms with Crippen LogP contribution in [0.1, 0.15) is 17.8 Å². The minimum atomic E-state index is -0.448. The van der Waals surface area contributed by atoms with Crippen LogP contribution >= 0.6 is 23.5 Å². The molecule has 0 bridgehead atoms. The van der Waals surface area contributed by atoms with Crippen LogP contribution in [0.25, 0.3) is 0 Å². The van der Waals surface area contributed by atoms with E-state index in [9.17, 15) is 9.59 Å². The number of hydrogen-bond donors (Lipinski definition) is 2. The summed E-state index contributed by atoms with van der Waals surface area (Å²) in [6.07, 6.45) is 0.109. The summed E-state index contributed by atoms with van der Waals surface area (Å²) in [6, 6.07) is 17.0. The largest absolute Gasteiger partial charge is 0.326 e. The molecule has 0 fully saturated rings. The lowest BCUT2D eigenvalue weighted by atomic mass is 10.2. The van der Waals surface area contributed by atoms with E-state index in [1.54, 1.807) is 0 Å². The van der Waals surface area contributed by atoms with Crippen LogP contribution < -0.4 is 10.6 Å². The van der Waals surface area contributed by atoms with Crippen molar-refractivity contribution in [2.45, 2.75) is 40.5 Å². The number of hydrogen-bond acceptors (Lipinski definition) is 6. The van der Waals surface area contributed by atoms with Crippen molar-refractivity contribution in [1.82, 2.24) is 9.97 Å². The third kappa shape index (κ3) is 5.01. The van der Waals surface area contributed by atoms with Gasteiger partial charge in [-0.3, -0.25) is 9.59 Å². The number of benzene rings is 2. The van der Waals surface area contributed by atoms with E-state index in [0.717, 1.165) is 26.9 Å². The van der Waals surface area contributed by atoms with Crippen LogP contribution in [0.4, 0.5) is 11.4 Å². The van der Waals surface area contributed by atoms with Gasteiger partial charge in [0.2, 0.25) is 11.8 Å². The molecule has 1 aromatic heterocycles. The molecule has 2 amide bonds. The monoisotopic (exact) mass is 436 g/mol. The number of thioether (sulfide) groups is 1. The van der Waals surface area contributed by atoms with Gasteiger partial charge in [0.15, 0.2) is 5.16 Å². The maximum Gasteiger partial charge on any atom is 0.238 e. The first kappa shape index (κ1) is 20.4. The highest BCUT2D eigenvalue weighted by atomic mass is 32.2. The predicted octanol–water partition coefficient (Wildman–Crippen LogP) is 4.69. The normalized spacial score (nSPS) is 15.3. The fourth-order valence-electron chi connectivity index (χ4n) is 3.06. The van der Waals surface area contributed by atoms with E-state index in [1.807, 2.05) is 68.4 Å². The summed E-state index contributed by atoms with van der Waals surface area (Å²) in [7, 11) is 0. The molecule has 152 valence electrons. The van der Waals surface area contributed by atoms with Crippen LogP contribution in [0.3, 0.4) is 0 Å². The average Bonchev–Trinajstić information content (AvgIpc) is 2.69. The molecule has 0 spiro atoms. The maximum absolute atomic E-state index is 12.5. The first-order valence-electron chi connectivity index (χ1n) is 9.43. The van der Waals surface area contributed by atoms with Gasteiger partial charge in [0, 0.05) is 33.3 Å². The van der Waals surface area contributed by atoms with Crippen molar-refractivity contribution >= 4 is 46.7 Å². The molecule has 0 saturated heterocycles. The van der Waals surface area contributed by atoms with Gasteiger partial charge in [-0.2, -0.15) is 0 Å². The van der Waals surface area contributed by atoms with E-state index in [1.165, 1.54) is 23.5 Å². The molecule has 30 heavy (non-hydrogen) atoms. The molecule has 1 atom stereocenters. The number of fused-ring (bicyclic) bond motifs is 1. The van der Waals surface area contributed by atoms with Gasteiger partial charge in [0.1, 0.15) is 0 Å². The van der Waals surface area contributed by atoms with Gasteiger partial charge in [-0.25, -0.2) is 9.97 Å². The summed E-state index contributed by atoms with van der Waals surface area (Å²) in [5.74, 6) is -0.339. The number of para-hydroxylation sites is 1. The number of nitrogens with one attached hydrogen (secondary N) is 2. The summed E-state index contributed by atoms with van der Waals surface area (Å²) in [6.45, 7) is 3.89. The van der Waals surface area contributed by atoms with Gasteiger partial charge in [-0.05, 0) is 68.1 Å². The van der Waals surface area contributed by atoms with Gasteiger partial charge >= 0.3 is 0 Å². The standard InChI is InChI=1S/C22H20N4O2S2/c1-13-11-14(2)24-22(23-13)29-16-9-7-15(8-10-16)25-20(27)12-19-21(28)26-17-5-3-4-6-18(17)30-19/h3-11,19H,12H2,1-2H3,(H,25,27)(H,26,28). The molecule has 0 saturated carbocycles. The fraction of sp³-hybridized carbons (Fsp3) is 0.182. The second-order valence-electron chi connectivity index (χ2n) is 6.90. The Balaban J connectivity index is 1.35. The number of rotatable bonds is 5. The zero-order valence-electron chi connectivity index (χ0n) is 16.5.